The van der Waals surface area contributed by atoms with Gasteiger partial charge in [0.15, 0.2) is 0 Å². The summed E-state index contributed by atoms with van der Waals surface area (Å²) in [7, 11) is 0. The van der Waals surface area contributed by atoms with E-state index in [1.54, 1.807) is 0 Å². The molecular formula is C13H18N2O2. The summed E-state index contributed by atoms with van der Waals surface area (Å²) in [5.41, 5.74) is 6.52. The molecule has 1 amide bonds. The van der Waals surface area contributed by atoms with E-state index in [-0.39, 0.29) is 5.91 Å². The van der Waals surface area contributed by atoms with Crippen molar-refractivity contribution >= 4 is 5.91 Å². The van der Waals surface area contributed by atoms with Gasteiger partial charge in [-0.1, -0.05) is 18.2 Å². The van der Waals surface area contributed by atoms with E-state index in [0.717, 1.165) is 12.2 Å². The van der Waals surface area contributed by atoms with Crippen molar-refractivity contribution in [3.05, 3.63) is 29.8 Å². The molecule has 0 aliphatic carbocycles. The summed E-state index contributed by atoms with van der Waals surface area (Å²) >= 11 is 0. The molecule has 0 spiro atoms. The van der Waals surface area contributed by atoms with Crippen LogP contribution in [0.4, 0.5) is 0 Å². The predicted molar refractivity (Wildman–Crippen MR) is 66.0 cm³/mol. The van der Waals surface area contributed by atoms with Crippen LogP contribution in [-0.4, -0.2) is 25.6 Å². The molecule has 1 aliphatic heterocycles. The number of hydrogen-bond acceptors (Lipinski definition) is 3. The quantitative estimate of drug-likeness (QED) is 0.817. The van der Waals surface area contributed by atoms with Gasteiger partial charge in [-0.3, -0.25) is 4.79 Å². The number of nitrogens with two attached hydrogens (primary N) is 1. The van der Waals surface area contributed by atoms with E-state index in [1.807, 2.05) is 18.2 Å². The monoisotopic (exact) mass is 234 g/mol. The zero-order valence-electron chi connectivity index (χ0n) is 9.82. The van der Waals surface area contributed by atoms with Gasteiger partial charge < -0.3 is 15.8 Å². The summed E-state index contributed by atoms with van der Waals surface area (Å²) in [6.45, 7) is 1.78. The van der Waals surface area contributed by atoms with Gasteiger partial charge >= 0.3 is 0 Å². The van der Waals surface area contributed by atoms with E-state index in [0.29, 0.717) is 32.0 Å². The van der Waals surface area contributed by atoms with Crippen LogP contribution in [0, 0.1) is 0 Å². The van der Waals surface area contributed by atoms with Crippen LogP contribution in [0.3, 0.4) is 0 Å². The van der Waals surface area contributed by atoms with E-state index in [4.69, 9.17) is 10.5 Å². The van der Waals surface area contributed by atoms with Crippen LogP contribution in [0.25, 0.3) is 0 Å². The molecule has 1 aromatic rings. The first-order valence-corrected chi connectivity index (χ1v) is 5.99. The maximum Gasteiger partial charge on any atom is 0.221 e. The number of carbonyl (C=O) groups excluding carboxylic acids is 1. The van der Waals surface area contributed by atoms with Crippen molar-refractivity contribution in [2.75, 3.05) is 19.7 Å². The summed E-state index contributed by atoms with van der Waals surface area (Å²) in [4.78, 5) is 11.4. The number of para-hydroxylation sites is 1. The fraction of sp³-hybridized carbons (Fsp3) is 0.462. The summed E-state index contributed by atoms with van der Waals surface area (Å²) in [6, 6.07) is 8.01. The molecular weight excluding hydrogens is 216 g/mol. The molecule has 3 N–H and O–H groups in total. The van der Waals surface area contributed by atoms with E-state index in [9.17, 15) is 4.79 Å². The van der Waals surface area contributed by atoms with Crippen molar-refractivity contribution < 1.29 is 9.53 Å². The van der Waals surface area contributed by atoms with Crippen molar-refractivity contribution in [2.24, 2.45) is 5.73 Å². The molecule has 17 heavy (non-hydrogen) atoms. The van der Waals surface area contributed by atoms with E-state index >= 15 is 0 Å². The lowest BCUT2D eigenvalue weighted by molar-refractivity contribution is -0.120. The van der Waals surface area contributed by atoms with Crippen molar-refractivity contribution in [3.8, 4) is 5.75 Å². The maximum atomic E-state index is 11.4. The van der Waals surface area contributed by atoms with E-state index < -0.39 is 0 Å². The van der Waals surface area contributed by atoms with Gasteiger partial charge in [0.05, 0.1) is 6.61 Å². The van der Waals surface area contributed by atoms with E-state index in [2.05, 4.69) is 11.4 Å². The van der Waals surface area contributed by atoms with Gasteiger partial charge in [0.1, 0.15) is 5.75 Å². The molecule has 0 bridgehead atoms. The number of benzene rings is 1. The standard InChI is InChI=1S/C13H18N2O2/c14-7-5-13(16)15-9-10-6-8-17-12-4-2-1-3-11(10)12/h1-4,10H,5-9,14H2,(H,15,16). The molecule has 0 radical (unpaired) electrons. The first-order valence-electron chi connectivity index (χ1n) is 5.99. The number of ether oxygens (including phenoxy) is 1. The van der Waals surface area contributed by atoms with Crippen molar-refractivity contribution in [1.82, 2.24) is 5.32 Å². The lowest BCUT2D eigenvalue weighted by Gasteiger charge is -2.25. The van der Waals surface area contributed by atoms with Crippen LogP contribution in [0.15, 0.2) is 24.3 Å². The minimum Gasteiger partial charge on any atom is -0.493 e. The second-order valence-corrected chi connectivity index (χ2v) is 4.21. The molecule has 4 nitrogen and oxygen atoms in total. The highest BCUT2D eigenvalue weighted by atomic mass is 16.5. The Morgan fingerprint density at radius 1 is 1.47 bits per heavy atom. The lowest BCUT2D eigenvalue weighted by Crippen LogP contribution is -2.31. The van der Waals surface area contributed by atoms with Crippen molar-refractivity contribution in [3.63, 3.8) is 0 Å². The van der Waals surface area contributed by atoms with Crippen LogP contribution in [0.2, 0.25) is 0 Å². The smallest absolute Gasteiger partial charge is 0.221 e. The molecule has 0 aromatic heterocycles. The molecule has 0 saturated carbocycles. The summed E-state index contributed by atoms with van der Waals surface area (Å²) in [5.74, 6) is 1.31. The van der Waals surface area contributed by atoms with Gasteiger partial charge in [-0.2, -0.15) is 0 Å². The highest BCUT2D eigenvalue weighted by Gasteiger charge is 2.21. The van der Waals surface area contributed by atoms with Crippen LogP contribution in [-0.2, 0) is 4.79 Å². The molecule has 92 valence electrons. The maximum absolute atomic E-state index is 11.4. The average Bonchev–Trinajstić information content (AvgIpc) is 2.36. The summed E-state index contributed by atoms with van der Waals surface area (Å²) in [5, 5.41) is 2.92. The van der Waals surface area contributed by atoms with Crippen LogP contribution in [0.5, 0.6) is 5.75 Å². The second-order valence-electron chi connectivity index (χ2n) is 4.21. The number of carbonyl (C=O) groups is 1. The van der Waals surface area contributed by atoms with Crippen molar-refractivity contribution in [2.45, 2.75) is 18.8 Å². The molecule has 4 heteroatoms. The number of nitrogens with one attached hydrogen (secondary N) is 1. The van der Waals surface area contributed by atoms with Gasteiger partial charge in [-0.25, -0.2) is 0 Å². The third-order valence-electron chi connectivity index (χ3n) is 3.00. The Bertz CT molecular complexity index is 393. The normalized spacial score (nSPS) is 18.1. The molecule has 0 saturated heterocycles. The van der Waals surface area contributed by atoms with Crippen molar-refractivity contribution in [1.29, 1.82) is 0 Å². The molecule has 0 fully saturated rings. The lowest BCUT2D eigenvalue weighted by atomic mass is 9.93. The molecule has 1 atom stereocenters. The minimum absolute atomic E-state index is 0.0245. The largest absolute Gasteiger partial charge is 0.493 e. The Morgan fingerprint density at radius 2 is 2.29 bits per heavy atom. The number of amides is 1. The number of rotatable bonds is 4. The third-order valence-corrected chi connectivity index (χ3v) is 3.00. The zero-order valence-corrected chi connectivity index (χ0v) is 9.82. The van der Waals surface area contributed by atoms with Gasteiger partial charge in [0.25, 0.3) is 0 Å². The summed E-state index contributed by atoms with van der Waals surface area (Å²) in [6.07, 6.45) is 1.34. The van der Waals surface area contributed by atoms with Crippen LogP contribution < -0.4 is 15.8 Å². The zero-order chi connectivity index (χ0) is 12.1. The molecule has 2 rings (SSSR count). The fourth-order valence-electron chi connectivity index (χ4n) is 2.08. The molecule has 1 unspecified atom stereocenters. The Balaban J connectivity index is 1.97. The Hall–Kier alpha value is -1.55. The van der Waals surface area contributed by atoms with Gasteiger partial charge in [0.2, 0.25) is 5.91 Å². The highest BCUT2D eigenvalue weighted by molar-refractivity contribution is 5.76. The minimum atomic E-state index is 0.0245. The SMILES string of the molecule is NCCC(=O)NCC1CCOc2ccccc21. The average molecular weight is 234 g/mol. The van der Waals surface area contributed by atoms with Gasteiger partial charge in [-0.15, -0.1) is 0 Å². The first-order chi connectivity index (χ1) is 8.31. The Morgan fingerprint density at radius 3 is 3.12 bits per heavy atom. The highest BCUT2D eigenvalue weighted by Crippen LogP contribution is 2.32. The summed E-state index contributed by atoms with van der Waals surface area (Å²) < 4.78 is 5.58. The second kappa shape index (κ2) is 5.68. The number of hydrogen-bond donors (Lipinski definition) is 2. The number of fused-ring (bicyclic) bond motifs is 1. The Labute approximate surface area is 101 Å². The van der Waals surface area contributed by atoms with Gasteiger partial charge in [-0.05, 0) is 18.1 Å². The van der Waals surface area contributed by atoms with Gasteiger partial charge in [0, 0.05) is 25.4 Å². The third kappa shape index (κ3) is 2.97. The van der Waals surface area contributed by atoms with E-state index in [1.165, 1.54) is 5.56 Å². The molecule has 1 heterocycles. The first kappa shape index (κ1) is 11.9. The topological polar surface area (TPSA) is 64.4 Å². The molecule has 1 aliphatic rings. The fourth-order valence-corrected chi connectivity index (χ4v) is 2.08. The van der Waals surface area contributed by atoms with Crippen LogP contribution in [0.1, 0.15) is 24.3 Å². The predicted octanol–water partition coefficient (Wildman–Crippen LogP) is 1.02. The van der Waals surface area contributed by atoms with Crippen LogP contribution >= 0.6 is 0 Å². The Kier molecular flexibility index (Phi) is 3.98. The molecule has 1 aromatic carbocycles.